The molecule has 1 aromatic carbocycles. The maximum absolute atomic E-state index is 11.7. The van der Waals surface area contributed by atoms with Crippen molar-refractivity contribution >= 4 is 16.0 Å². The molecule has 0 amide bonds. The third-order valence-corrected chi connectivity index (χ3v) is 6.03. The first-order valence-corrected chi connectivity index (χ1v) is 10.5. The predicted molar refractivity (Wildman–Crippen MR) is 103 cm³/mol. The first-order chi connectivity index (χ1) is 11.9. The van der Waals surface area contributed by atoms with Gasteiger partial charge in [0, 0.05) is 19.6 Å². The van der Waals surface area contributed by atoms with Gasteiger partial charge < -0.3 is 10.6 Å². The number of benzene rings is 1. The van der Waals surface area contributed by atoms with Crippen LogP contribution in [0.2, 0.25) is 0 Å². The fourth-order valence-corrected chi connectivity index (χ4v) is 3.86. The summed E-state index contributed by atoms with van der Waals surface area (Å²) in [5.74, 6) is 1.61. The van der Waals surface area contributed by atoms with E-state index in [1.54, 1.807) is 7.05 Å². The van der Waals surface area contributed by atoms with Gasteiger partial charge >= 0.3 is 0 Å². The minimum absolute atomic E-state index is 0.00935. The van der Waals surface area contributed by atoms with Crippen molar-refractivity contribution in [3.63, 3.8) is 0 Å². The Kier molecular flexibility index (Phi) is 7.25. The van der Waals surface area contributed by atoms with Gasteiger partial charge in [0.2, 0.25) is 10.0 Å². The van der Waals surface area contributed by atoms with Crippen LogP contribution in [0.3, 0.4) is 0 Å². The first-order valence-electron chi connectivity index (χ1n) is 8.88. The van der Waals surface area contributed by atoms with E-state index in [4.69, 9.17) is 0 Å². The number of guanidine groups is 1. The summed E-state index contributed by atoms with van der Waals surface area (Å²) in [4.78, 5) is 4.30. The van der Waals surface area contributed by atoms with Crippen LogP contribution in [0.1, 0.15) is 43.7 Å². The maximum Gasteiger partial charge on any atom is 0.215 e. The Morgan fingerprint density at radius 2 is 1.88 bits per heavy atom. The molecule has 0 aliphatic heterocycles. The highest BCUT2D eigenvalue weighted by Gasteiger charge is 2.18. The minimum atomic E-state index is -3.26. The second kappa shape index (κ2) is 9.20. The summed E-state index contributed by atoms with van der Waals surface area (Å²) >= 11 is 0. The molecule has 1 aromatic rings. The highest BCUT2D eigenvalue weighted by Crippen LogP contribution is 2.23. The topological polar surface area (TPSA) is 82.6 Å². The van der Waals surface area contributed by atoms with Crippen molar-refractivity contribution in [2.24, 2.45) is 10.9 Å². The summed E-state index contributed by atoms with van der Waals surface area (Å²) in [6.07, 6.45) is 4.88. The van der Waals surface area contributed by atoms with Crippen LogP contribution < -0.4 is 15.4 Å². The van der Waals surface area contributed by atoms with E-state index in [2.05, 4.69) is 27.3 Å². The Labute approximate surface area is 151 Å². The SMILES string of the molecule is CN=C(NCc1cccc(CS(=O)(=O)NC)c1)NC1CCC(C)CC1. The smallest absolute Gasteiger partial charge is 0.215 e. The summed E-state index contributed by atoms with van der Waals surface area (Å²) in [5, 5.41) is 6.81. The van der Waals surface area contributed by atoms with Crippen LogP contribution in [0, 0.1) is 5.92 Å². The van der Waals surface area contributed by atoms with E-state index in [1.165, 1.54) is 32.7 Å². The van der Waals surface area contributed by atoms with Crippen molar-refractivity contribution < 1.29 is 8.42 Å². The van der Waals surface area contributed by atoms with Crippen LogP contribution in [0.4, 0.5) is 0 Å². The first kappa shape index (κ1) is 19.7. The molecule has 7 heteroatoms. The second-order valence-electron chi connectivity index (χ2n) is 6.81. The quantitative estimate of drug-likeness (QED) is 0.531. The van der Waals surface area contributed by atoms with Crippen LogP contribution in [0.15, 0.2) is 29.3 Å². The molecule has 0 heterocycles. The normalized spacial score (nSPS) is 21.8. The number of aliphatic imine (C=N–C) groups is 1. The van der Waals surface area contributed by atoms with Gasteiger partial charge in [0.05, 0.1) is 5.75 Å². The van der Waals surface area contributed by atoms with Gasteiger partial charge in [-0.05, 0) is 49.8 Å². The summed E-state index contributed by atoms with van der Waals surface area (Å²) in [6, 6.07) is 8.09. The van der Waals surface area contributed by atoms with Crippen molar-refractivity contribution in [1.29, 1.82) is 0 Å². The number of rotatable bonds is 6. The molecule has 0 unspecified atom stereocenters. The molecule has 0 atom stereocenters. The molecule has 25 heavy (non-hydrogen) atoms. The number of nitrogens with zero attached hydrogens (tertiary/aromatic N) is 1. The van der Waals surface area contributed by atoms with E-state index < -0.39 is 10.0 Å². The van der Waals surface area contributed by atoms with Gasteiger partial charge in [0.1, 0.15) is 0 Å². The summed E-state index contributed by atoms with van der Waals surface area (Å²) < 4.78 is 25.7. The fraction of sp³-hybridized carbons (Fsp3) is 0.611. The van der Waals surface area contributed by atoms with Crippen molar-refractivity contribution in [2.75, 3.05) is 14.1 Å². The van der Waals surface area contributed by atoms with Crippen LogP contribution in [-0.4, -0.2) is 34.5 Å². The zero-order valence-corrected chi connectivity index (χ0v) is 16.2. The van der Waals surface area contributed by atoms with Crippen LogP contribution >= 0.6 is 0 Å². The van der Waals surface area contributed by atoms with Gasteiger partial charge in [-0.25, -0.2) is 13.1 Å². The van der Waals surface area contributed by atoms with E-state index in [1.807, 2.05) is 24.3 Å². The molecule has 1 fully saturated rings. The molecule has 1 aliphatic rings. The lowest BCUT2D eigenvalue weighted by Crippen LogP contribution is -2.44. The van der Waals surface area contributed by atoms with Gasteiger partial charge in [0.15, 0.2) is 5.96 Å². The van der Waals surface area contributed by atoms with E-state index in [9.17, 15) is 8.42 Å². The highest BCUT2D eigenvalue weighted by atomic mass is 32.2. The average Bonchev–Trinajstić information content (AvgIpc) is 2.60. The molecule has 140 valence electrons. The molecule has 1 aliphatic carbocycles. The molecule has 3 N–H and O–H groups in total. The summed E-state index contributed by atoms with van der Waals surface area (Å²) in [5.41, 5.74) is 1.81. The molecular weight excluding hydrogens is 336 g/mol. The molecule has 0 aromatic heterocycles. The number of nitrogens with one attached hydrogen (secondary N) is 3. The zero-order chi connectivity index (χ0) is 18.3. The lowest BCUT2D eigenvalue weighted by molar-refractivity contribution is 0.329. The Hall–Kier alpha value is -1.60. The Morgan fingerprint density at radius 3 is 2.52 bits per heavy atom. The summed E-state index contributed by atoms with van der Waals surface area (Å²) in [7, 11) is -0.0480. The predicted octanol–water partition coefficient (Wildman–Crippen LogP) is 1.98. The average molecular weight is 367 g/mol. The van der Waals surface area contributed by atoms with Gasteiger partial charge in [-0.2, -0.15) is 0 Å². The fourth-order valence-electron chi connectivity index (χ4n) is 3.10. The Balaban J connectivity index is 1.89. The van der Waals surface area contributed by atoms with Crippen molar-refractivity contribution in [1.82, 2.24) is 15.4 Å². The van der Waals surface area contributed by atoms with Crippen molar-refractivity contribution in [3.05, 3.63) is 35.4 Å². The highest BCUT2D eigenvalue weighted by molar-refractivity contribution is 7.88. The van der Waals surface area contributed by atoms with Gasteiger partial charge in [-0.3, -0.25) is 4.99 Å². The van der Waals surface area contributed by atoms with Crippen molar-refractivity contribution in [3.8, 4) is 0 Å². The molecular formula is C18H30N4O2S. The number of hydrogen-bond acceptors (Lipinski definition) is 3. The molecule has 0 saturated heterocycles. The molecule has 0 radical (unpaired) electrons. The molecule has 0 spiro atoms. The maximum atomic E-state index is 11.7. The Bertz CT molecular complexity index is 680. The summed E-state index contributed by atoms with van der Waals surface area (Å²) in [6.45, 7) is 2.92. The molecule has 0 bridgehead atoms. The standard InChI is InChI=1S/C18H30N4O2S/c1-14-7-9-17(10-8-14)22-18(19-2)21-12-15-5-4-6-16(11-15)13-25(23,24)20-3/h4-6,11,14,17,20H,7-10,12-13H2,1-3H3,(H2,19,21,22). The molecule has 2 rings (SSSR count). The Morgan fingerprint density at radius 1 is 1.20 bits per heavy atom. The molecule has 1 saturated carbocycles. The lowest BCUT2D eigenvalue weighted by Gasteiger charge is -2.28. The third kappa shape index (κ3) is 6.66. The van der Waals surface area contributed by atoms with E-state index in [0.29, 0.717) is 12.6 Å². The van der Waals surface area contributed by atoms with Gasteiger partial charge in [-0.15, -0.1) is 0 Å². The van der Waals surface area contributed by atoms with E-state index in [-0.39, 0.29) is 5.75 Å². The zero-order valence-electron chi connectivity index (χ0n) is 15.4. The number of sulfonamides is 1. The van der Waals surface area contributed by atoms with Crippen LogP contribution in [0.25, 0.3) is 0 Å². The van der Waals surface area contributed by atoms with Gasteiger partial charge in [-0.1, -0.05) is 31.2 Å². The minimum Gasteiger partial charge on any atom is -0.354 e. The monoisotopic (exact) mass is 366 g/mol. The van der Waals surface area contributed by atoms with Crippen LogP contribution in [0.5, 0.6) is 0 Å². The van der Waals surface area contributed by atoms with Crippen LogP contribution in [-0.2, 0) is 22.3 Å². The second-order valence-corrected chi connectivity index (χ2v) is 8.74. The van der Waals surface area contributed by atoms with E-state index in [0.717, 1.165) is 23.0 Å². The lowest BCUT2D eigenvalue weighted by atomic mass is 9.87. The van der Waals surface area contributed by atoms with E-state index >= 15 is 0 Å². The molecule has 6 nitrogen and oxygen atoms in total. The third-order valence-electron chi connectivity index (χ3n) is 4.70. The van der Waals surface area contributed by atoms with Gasteiger partial charge in [0.25, 0.3) is 0 Å². The van der Waals surface area contributed by atoms with Crippen molar-refractivity contribution in [2.45, 2.75) is 50.9 Å². The largest absolute Gasteiger partial charge is 0.354 e. The number of hydrogen-bond donors (Lipinski definition) is 3.